The van der Waals surface area contributed by atoms with Crippen LogP contribution in [0.2, 0.25) is 5.02 Å². The first-order chi connectivity index (χ1) is 21.4. The smallest absolute Gasteiger partial charge is 0.110 e. The molecule has 9 nitrogen and oxygen atoms in total. The van der Waals surface area contributed by atoms with Crippen LogP contribution in [0.5, 0.6) is 0 Å². The van der Waals surface area contributed by atoms with Crippen molar-refractivity contribution >= 4 is 33.9 Å². The lowest BCUT2D eigenvalue weighted by Crippen LogP contribution is -2.45. The number of nitrogens with one attached hydrogen (secondary N) is 2. The van der Waals surface area contributed by atoms with Gasteiger partial charge in [0.15, 0.2) is 0 Å². The minimum absolute atomic E-state index is 0.00312. The molecule has 0 bridgehead atoms. The maximum Gasteiger partial charge on any atom is 0.110 e. The molecule has 0 amide bonds. The maximum absolute atomic E-state index is 10.0. The second-order valence-electron chi connectivity index (χ2n) is 11.3. The predicted octanol–water partition coefficient (Wildman–Crippen LogP) is 7.00. The number of nitrogens with zero attached hydrogens (tertiary/aromatic N) is 7. The Morgan fingerprint density at radius 3 is 2.45 bits per heavy atom. The molecule has 3 heterocycles. The molecular weight excluding hydrogens is 570 g/mol. The number of hydrogen-bond donors (Lipinski definition) is 2. The van der Waals surface area contributed by atoms with Crippen LogP contribution in [0.15, 0.2) is 79.4 Å². The number of fused-ring (bicyclic) bond motifs is 1. The summed E-state index contributed by atoms with van der Waals surface area (Å²) in [5, 5.41) is 27.6. The van der Waals surface area contributed by atoms with Crippen molar-refractivity contribution in [2.45, 2.75) is 45.8 Å². The van der Waals surface area contributed by atoms with E-state index in [1.165, 1.54) is 0 Å². The second kappa shape index (κ2) is 13.8. The van der Waals surface area contributed by atoms with E-state index in [2.05, 4.69) is 76.9 Å². The van der Waals surface area contributed by atoms with Crippen molar-refractivity contribution < 1.29 is 4.48 Å². The minimum Gasteiger partial charge on any atom is -0.377 e. The van der Waals surface area contributed by atoms with Crippen molar-refractivity contribution in [1.29, 1.82) is 5.26 Å². The summed E-state index contributed by atoms with van der Waals surface area (Å²) in [5.41, 5.74) is 5.40. The molecule has 3 aromatic heterocycles. The van der Waals surface area contributed by atoms with Gasteiger partial charge in [0.25, 0.3) is 0 Å². The number of anilines is 2. The second-order valence-corrected chi connectivity index (χ2v) is 11.7. The quantitative estimate of drug-likeness (QED) is 0.139. The molecule has 0 saturated heterocycles. The summed E-state index contributed by atoms with van der Waals surface area (Å²) in [6.45, 7) is 10.4. The summed E-state index contributed by atoms with van der Waals surface area (Å²) in [7, 11) is 2.26. The Morgan fingerprint density at radius 1 is 1.00 bits per heavy atom. The van der Waals surface area contributed by atoms with Crippen LogP contribution in [0.4, 0.5) is 11.4 Å². The molecule has 2 atom stereocenters. The number of quaternary nitrogens is 1. The van der Waals surface area contributed by atoms with Gasteiger partial charge >= 0.3 is 0 Å². The van der Waals surface area contributed by atoms with Crippen molar-refractivity contribution in [2.75, 3.05) is 37.3 Å². The Morgan fingerprint density at radius 2 is 1.77 bits per heavy atom. The number of pyridine rings is 2. The molecular formula is C34H39ClN9+. The van der Waals surface area contributed by atoms with Crippen LogP contribution in [0.3, 0.4) is 0 Å². The average molecular weight is 609 g/mol. The number of benzene rings is 2. The highest BCUT2D eigenvalue weighted by Crippen LogP contribution is 2.37. The molecule has 0 aliphatic carbocycles. The normalized spacial score (nSPS) is 12.9. The van der Waals surface area contributed by atoms with E-state index in [1.807, 2.05) is 59.5 Å². The van der Waals surface area contributed by atoms with Gasteiger partial charge in [-0.1, -0.05) is 60.1 Å². The van der Waals surface area contributed by atoms with Gasteiger partial charge in [-0.2, -0.15) is 5.26 Å². The first-order valence-corrected chi connectivity index (χ1v) is 15.5. The summed E-state index contributed by atoms with van der Waals surface area (Å²) in [6, 6.07) is 20.0. The van der Waals surface area contributed by atoms with Gasteiger partial charge in [0.2, 0.25) is 0 Å². The topological polar surface area (TPSA) is 104 Å². The number of halogens is 1. The molecule has 10 heteroatoms. The largest absolute Gasteiger partial charge is 0.377 e. The number of likely N-dealkylation sites (N-methyl/N-ethyl adjacent to an activating group) is 1. The van der Waals surface area contributed by atoms with Crippen LogP contribution in [-0.2, 0) is 6.54 Å². The number of nitriles is 1. The van der Waals surface area contributed by atoms with Gasteiger partial charge < -0.3 is 15.1 Å². The van der Waals surface area contributed by atoms with Crippen molar-refractivity contribution in [3.63, 3.8) is 0 Å². The van der Waals surface area contributed by atoms with E-state index in [0.29, 0.717) is 21.8 Å². The van der Waals surface area contributed by atoms with Crippen LogP contribution in [-0.4, -0.2) is 56.1 Å². The molecule has 2 N–H and O–H groups in total. The van der Waals surface area contributed by atoms with E-state index in [4.69, 9.17) is 11.6 Å². The highest BCUT2D eigenvalue weighted by atomic mass is 35.5. The van der Waals surface area contributed by atoms with Crippen molar-refractivity contribution in [3.8, 4) is 6.07 Å². The van der Waals surface area contributed by atoms with Crippen LogP contribution < -0.4 is 10.6 Å². The van der Waals surface area contributed by atoms with Gasteiger partial charge in [-0.25, -0.2) is 4.68 Å². The van der Waals surface area contributed by atoms with Gasteiger partial charge in [-0.05, 0) is 49.6 Å². The van der Waals surface area contributed by atoms with Crippen molar-refractivity contribution in [2.24, 2.45) is 0 Å². The minimum atomic E-state index is -0.333. The maximum atomic E-state index is 10.0. The summed E-state index contributed by atoms with van der Waals surface area (Å²) in [4.78, 5) is 8.92. The summed E-state index contributed by atoms with van der Waals surface area (Å²) in [5.74, 6) is 0. The van der Waals surface area contributed by atoms with Gasteiger partial charge in [-0.15, -0.1) is 5.10 Å². The molecule has 0 radical (unpaired) electrons. The van der Waals surface area contributed by atoms with Crippen LogP contribution in [0, 0.1) is 11.3 Å². The van der Waals surface area contributed by atoms with E-state index in [1.54, 1.807) is 12.4 Å². The van der Waals surface area contributed by atoms with E-state index in [9.17, 15) is 5.26 Å². The van der Waals surface area contributed by atoms with E-state index < -0.39 is 0 Å². The van der Waals surface area contributed by atoms with Gasteiger partial charge in [-0.3, -0.25) is 9.97 Å². The third kappa shape index (κ3) is 6.83. The molecule has 0 fully saturated rings. The van der Waals surface area contributed by atoms with E-state index in [0.717, 1.165) is 65.0 Å². The first kappa shape index (κ1) is 30.9. The predicted molar refractivity (Wildman–Crippen MR) is 176 cm³/mol. The van der Waals surface area contributed by atoms with Crippen molar-refractivity contribution in [1.82, 2.24) is 25.0 Å². The fraction of sp³-hybridized carbons (Fsp3) is 0.324. The molecule has 0 saturated carbocycles. The Labute approximate surface area is 264 Å². The fourth-order valence-corrected chi connectivity index (χ4v) is 5.61. The Balaban J connectivity index is 1.52. The molecule has 0 unspecified atom stereocenters. The Hall–Kier alpha value is -4.52. The van der Waals surface area contributed by atoms with Crippen LogP contribution in [0.1, 0.15) is 61.7 Å². The molecule has 44 heavy (non-hydrogen) atoms. The molecule has 226 valence electrons. The van der Waals surface area contributed by atoms with Gasteiger partial charge in [0.1, 0.15) is 11.8 Å². The summed E-state index contributed by atoms with van der Waals surface area (Å²) >= 11 is 6.85. The monoisotopic (exact) mass is 608 g/mol. The van der Waals surface area contributed by atoms with Gasteiger partial charge in [0, 0.05) is 29.7 Å². The zero-order chi connectivity index (χ0) is 31.1. The standard InChI is InChI=1S/C34H39ClN9/c1-5-30(24-12-9-8-10-13-24)40-32-26(20-36)22-38-34-28(32)18-27(19-29(34)35)39-33(25-14-11-15-37-21-25)31-23-43(42-41-31)16-17-44(4,6-2)7-3/h8-15,18-19,21-23,30,33,39H,5-7,16-17H2,1-4H3,(H,38,40)/q+1/t30-,33+/m1/s1. The summed E-state index contributed by atoms with van der Waals surface area (Å²) in [6.07, 6.45) is 7.99. The van der Waals surface area contributed by atoms with Crippen molar-refractivity contribution in [3.05, 3.63) is 107 Å². The highest BCUT2D eigenvalue weighted by molar-refractivity contribution is 6.35. The van der Waals surface area contributed by atoms with Crippen LogP contribution >= 0.6 is 11.6 Å². The lowest BCUT2D eigenvalue weighted by Gasteiger charge is -2.31. The molecule has 5 aromatic rings. The van der Waals surface area contributed by atoms with E-state index >= 15 is 0 Å². The number of aromatic nitrogens is 5. The third-order valence-electron chi connectivity index (χ3n) is 8.55. The third-order valence-corrected chi connectivity index (χ3v) is 8.84. The molecule has 5 rings (SSSR count). The lowest BCUT2D eigenvalue weighted by molar-refractivity contribution is -0.906. The molecule has 2 aromatic carbocycles. The molecule has 0 aliphatic heterocycles. The Kier molecular flexibility index (Phi) is 9.73. The highest BCUT2D eigenvalue weighted by Gasteiger charge is 2.22. The van der Waals surface area contributed by atoms with Crippen LogP contribution in [0.25, 0.3) is 10.9 Å². The zero-order valence-electron chi connectivity index (χ0n) is 25.7. The fourth-order valence-electron chi connectivity index (χ4n) is 5.34. The zero-order valence-corrected chi connectivity index (χ0v) is 26.5. The first-order valence-electron chi connectivity index (χ1n) is 15.1. The Bertz CT molecular complexity index is 1730. The summed E-state index contributed by atoms with van der Waals surface area (Å²) < 4.78 is 2.88. The van der Waals surface area contributed by atoms with Gasteiger partial charge in [0.05, 0.1) is 73.3 Å². The number of rotatable bonds is 13. The average Bonchev–Trinajstić information content (AvgIpc) is 3.54. The SMILES string of the molecule is CC[C@@H](Nc1c(C#N)cnc2c(Cl)cc(N[C@@H](c3cccnc3)c3cn(CC[N+](C)(CC)CC)nn3)cc12)c1ccccc1. The number of hydrogen-bond acceptors (Lipinski definition) is 7. The lowest BCUT2D eigenvalue weighted by atomic mass is 10.0. The molecule has 0 spiro atoms. The molecule has 0 aliphatic rings. The van der Waals surface area contributed by atoms with E-state index in [-0.39, 0.29) is 12.1 Å².